The standard InChI is InChI=1S/C13H24N2O2S/c1-3-13(14)10-12-6-8-15(11-12)7-5-9-18(16,17)4-2/h6,8,11,13H,3-5,7,9-10,14H2,1-2H3. The molecule has 0 saturated carbocycles. The van der Waals surface area contributed by atoms with Crippen molar-refractivity contribution >= 4 is 9.84 Å². The number of rotatable bonds is 8. The summed E-state index contributed by atoms with van der Waals surface area (Å²) in [6.45, 7) is 4.52. The van der Waals surface area contributed by atoms with Gasteiger partial charge in [0.1, 0.15) is 9.84 Å². The SMILES string of the molecule is CCC(N)Cc1ccn(CCCS(=O)(=O)CC)c1. The molecule has 0 aromatic carbocycles. The van der Waals surface area contributed by atoms with Crippen LogP contribution in [0, 0.1) is 0 Å². The summed E-state index contributed by atoms with van der Waals surface area (Å²) in [4.78, 5) is 0. The van der Waals surface area contributed by atoms with Gasteiger partial charge in [0.2, 0.25) is 0 Å². The maximum atomic E-state index is 11.4. The minimum absolute atomic E-state index is 0.210. The topological polar surface area (TPSA) is 65.1 Å². The van der Waals surface area contributed by atoms with Crippen molar-refractivity contribution in [3.05, 3.63) is 24.0 Å². The van der Waals surface area contributed by atoms with E-state index in [0.29, 0.717) is 6.42 Å². The van der Waals surface area contributed by atoms with Crippen LogP contribution >= 0.6 is 0 Å². The lowest BCUT2D eigenvalue weighted by Gasteiger charge is -2.06. The molecule has 1 rings (SSSR count). The molecule has 0 aliphatic heterocycles. The summed E-state index contributed by atoms with van der Waals surface area (Å²) in [6.07, 6.45) is 6.59. The molecular weight excluding hydrogens is 248 g/mol. The van der Waals surface area contributed by atoms with Crippen LogP contribution in [0.5, 0.6) is 0 Å². The molecule has 18 heavy (non-hydrogen) atoms. The van der Waals surface area contributed by atoms with Gasteiger partial charge in [-0.25, -0.2) is 8.42 Å². The highest BCUT2D eigenvalue weighted by atomic mass is 32.2. The van der Waals surface area contributed by atoms with Gasteiger partial charge in [-0.1, -0.05) is 13.8 Å². The first-order valence-corrected chi connectivity index (χ1v) is 8.39. The molecule has 0 aliphatic rings. The predicted octanol–water partition coefficient (Wildman–Crippen LogP) is 1.59. The minimum Gasteiger partial charge on any atom is -0.354 e. The Kier molecular flexibility index (Phi) is 5.88. The van der Waals surface area contributed by atoms with Gasteiger partial charge in [0.25, 0.3) is 0 Å². The molecule has 104 valence electrons. The van der Waals surface area contributed by atoms with E-state index in [1.54, 1.807) is 6.92 Å². The van der Waals surface area contributed by atoms with Crippen molar-refractivity contribution in [1.82, 2.24) is 4.57 Å². The highest BCUT2D eigenvalue weighted by molar-refractivity contribution is 7.91. The Hall–Kier alpha value is -0.810. The van der Waals surface area contributed by atoms with E-state index in [1.165, 1.54) is 5.56 Å². The van der Waals surface area contributed by atoms with E-state index in [-0.39, 0.29) is 17.5 Å². The first-order chi connectivity index (χ1) is 8.46. The van der Waals surface area contributed by atoms with Crippen LogP contribution in [0.3, 0.4) is 0 Å². The average molecular weight is 272 g/mol. The maximum Gasteiger partial charge on any atom is 0.150 e. The van der Waals surface area contributed by atoms with E-state index in [1.807, 2.05) is 10.8 Å². The van der Waals surface area contributed by atoms with Crippen molar-refractivity contribution in [2.75, 3.05) is 11.5 Å². The second-order valence-electron chi connectivity index (χ2n) is 4.72. The molecule has 0 spiro atoms. The van der Waals surface area contributed by atoms with Gasteiger partial charge in [-0.15, -0.1) is 0 Å². The van der Waals surface area contributed by atoms with Crippen molar-refractivity contribution in [2.24, 2.45) is 5.73 Å². The van der Waals surface area contributed by atoms with Gasteiger partial charge < -0.3 is 10.3 Å². The van der Waals surface area contributed by atoms with Crippen LogP contribution < -0.4 is 5.73 Å². The zero-order valence-corrected chi connectivity index (χ0v) is 12.1. The predicted molar refractivity (Wildman–Crippen MR) is 75.3 cm³/mol. The Morgan fingerprint density at radius 2 is 2.11 bits per heavy atom. The quantitative estimate of drug-likeness (QED) is 0.781. The van der Waals surface area contributed by atoms with E-state index in [9.17, 15) is 8.42 Å². The molecule has 0 amide bonds. The van der Waals surface area contributed by atoms with Crippen LogP contribution in [0.4, 0.5) is 0 Å². The Morgan fingerprint density at radius 3 is 2.72 bits per heavy atom. The van der Waals surface area contributed by atoms with Crippen LogP contribution in [0.15, 0.2) is 18.5 Å². The lowest BCUT2D eigenvalue weighted by Crippen LogP contribution is -2.21. The van der Waals surface area contributed by atoms with Crippen LogP contribution in [0.25, 0.3) is 0 Å². The second-order valence-corrected chi connectivity index (χ2v) is 7.19. The van der Waals surface area contributed by atoms with Crippen molar-refractivity contribution in [3.63, 3.8) is 0 Å². The van der Waals surface area contributed by atoms with E-state index in [2.05, 4.69) is 19.2 Å². The third-order valence-corrected chi connectivity index (χ3v) is 4.94. The molecule has 1 unspecified atom stereocenters. The molecule has 1 aromatic heterocycles. The molecule has 0 saturated heterocycles. The maximum absolute atomic E-state index is 11.4. The molecule has 0 bridgehead atoms. The summed E-state index contributed by atoms with van der Waals surface area (Å²) in [6, 6.07) is 2.27. The molecule has 1 aromatic rings. The van der Waals surface area contributed by atoms with Gasteiger partial charge in [-0.05, 0) is 30.9 Å². The Bertz CT molecular complexity index is 451. The fourth-order valence-electron chi connectivity index (χ4n) is 1.81. The van der Waals surface area contributed by atoms with Gasteiger partial charge in [0.15, 0.2) is 0 Å². The van der Waals surface area contributed by atoms with Gasteiger partial charge >= 0.3 is 0 Å². The largest absolute Gasteiger partial charge is 0.354 e. The molecular formula is C13H24N2O2S. The number of hydrogen-bond donors (Lipinski definition) is 1. The van der Waals surface area contributed by atoms with Crippen LogP contribution in [-0.4, -0.2) is 30.5 Å². The van der Waals surface area contributed by atoms with Crippen LogP contribution in [-0.2, 0) is 22.8 Å². The fourth-order valence-corrected chi connectivity index (χ4v) is 2.67. The summed E-state index contributed by atoms with van der Waals surface area (Å²) in [5.41, 5.74) is 7.13. The second kappa shape index (κ2) is 6.95. The molecule has 4 nitrogen and oxygen atoms in total. The molecule has 0 fully saturated rings. The van der Waals surface area contributed by atoms with Gasteiger partial charge in [0.05, 0.1) is 5.75 Å². The monoisotopic (exact) mass is 272 g/mol. The van der Waals surface area contributed by atoms with Gasteiger partial charge in [-0.2, -0.15) is 0 Å². The normalized spacial score (nSPS) is 13.7. The van der Waals surface area contributed by atoms with E-state index < -0.39 is 9.84 Å². The van der Waals surface area contributed by atoms with Gasteiger partial charge in [-0.3, -0.25) is 0 Å². The zero-order chi connectivity index (χ0) is 13.6. The summed E-state index contributed by atoms with van der Waals surface area (Å²) in [5.74, 6) is 0.501. The first kappa shape index (κ1) is 15.2. The lowest BCUT2D eigenvalue weighted by atomic mass is 10.1. The summed E-state index contributed by atoms with van der Waals surface area (Å²) >= 11 is 0. The molecule has 0 aliphatic carbocycles. The van der Waals surface area contributed by atoms with E-state index in [0.717, 1.165) is 19.4 Å². The molecule has 2 N–H and O–H groups in total. The van der Waals surface area contributed by atoms with Crippen molar-refractivity contribution in [2.45, 2.75) is 45.7 Å². The number of hydrogen-bond acceptors (Lipinski definition) is 3. The van der Waals surface area contributed by atoms with Crippen molar-refractivity contribution in [1.29, 1.82) is 0 Å². The Labute approximate surface area is 110 Å². The molecule has 1 heterocycles. The van der Waals surface area contributed by atoms with Crippen molar-refractivity contribution in [3.8, 4) is 0 Å². The lowest BCUT2D eigenvalue weighted by molar-refractivity contribution is 0.587. The smallest absolute Gasteiger partial charge is 0.150 e. The third kappa shape index (κ3) is 5.23. The fraction of sp³-hybridized carbons (Fsp3) is 0.692. The van der Waals surface area contributed by atoms with E-state index in [4.69, 9.17) is 5.73 Å². The zero-order valence-electron chi connectivity index (χ0n) is 11.3. The number of aryl methyl sites for hydroxylation is 1. The van der Waals surface area contributed by atoms with Crippen molar-refractivity contribution < 1.29 is 8.42 Å². The third-order valence-electron chi connectivity index (χ3n) is 3.15. The summed E-state index contributed by atoms with van der Waals surface area (Å²) < 4.78 is 24.8. The molecule has 5 heteroatoms. The summed E-state index contributed by atoms with van der Waals surface area (Å²) in [5, 5.41) is 0. The van der Waals surface area contributed by atoms with Crippen LogP contribution in [0.2, 0.25) is 0 Å². The molecule has 0 radical (unpaired) electrons. The van der Waals surface area contributed by atoms with E-state index >= 15 is 0 Å². The average Bonchev–Trinajstić information content (AvgIpc) is 2.76. The highest BCUT2D eigenvalue weighted by Gasteiger charge is 2.07. The minimum atomic E-state index is -2.84. The number of sulfone groups is 1. The molecule has 1 atom stereocenters. The van der Waals surface area contributed by atoms with Gasteiger partial charge in [0, 0.05) is 30.7 Å². The first-order valence-electron chi connectivity index (χ1n) is 6.57. The summed E-state index contributed by atoms with van der Waals surface area (Å²) in [7, 11) is -2.84. The highest BCUT2D eigenvalue weighted by Crippen LogP contribution is 2.07. The Balaban J connectivity index is 2.40. The Morgan fingerprint density at radius 1 is 1.39 bits per heavy atom. The van der Waals surface area contributed by atoms with Crippen LogP contribution in [0.1, 0.15) is 32.3 Å². The number of nitrogens with two attached hydrogens (primary N) is 1. The number of aromatic nitrogens is 1. The number of nitrogens with zero attached hydrogens (tertiary/aromatic N) is 1.